The molecule has 3 rings (SSSR count). The molecule has 2 nitrogen and oxygen atoms in total. The molecular formula is C14H12O2. The van der Waals surface area contributed by atoms with E-state index in [1.54, 1.807) is 7.11 Å². The summed E-state index contributed by atoms with van der Waals surface area (Å²) in [7, 11) is 1.68. The van der Waals surface area contributed by atoms with Crippen LogP contribution in [-0.2, 0) is 6.42 Å². The quantitative estimate of drug-likeness (QED) is 0.615. The Hall–Kier alpha value is -1.96. The Morgan fingerprint density at radius 1 is 1.00 bits per heavy atom. The summed E-state index contributed by atoms with van der Waals surface area (Å²) >= 11 is 0. The van der Waals surface area contributed by atoms with Gasteiger partial charge >= 0.3 is 0 Å². The predicted molar refractivity (Wildman–Crippen MR) is 62.3 cm³/mol. The lowest BCUT2D eigenvalue weighted by Gasteiger charge is -2.20. The smallest absolute Gasteiger partial charge is 0.131 e. The van der Waals surface area contributed by atoms with E-state index >= 15 is 0 Å². The highest BCUT2D eigenvalue weighted by atomic mass is 16.5. The third-order valence-electron chi connectivity index (χ3n) is 2.84. The van der Waals surface area contributed by atoms with Gasteiger partial charge in [-0.05, 0) is 29.8 Å². The second-order valence-corrected chi connectivity index (χ2v) is 3.86. The van der Waals surface area contributed by atoms with Crippen LogP contribution in [0.5, 0.6) is 17.2 Å². The van der Waals surface area contributed by atoms with Crippen molar-refractivity contribution < 1.29 is 9.47 Å². The molecule has 0 spiro atoms. The van der Waals surface area contributed by atoms with Crippen LogP contribution in [-0.4, -0.2) is 7.11 Å². The average Bonchev–Trinajstić information content (AvgIpc) is 2.35. The number of hydrogen-bond acceptors (Lipinski definition) is 2. The molecule has 80 valence electrons. The molecule has 0 fully saturated rings. The molecular weight excluding hydrogens is 200 g/mol. The van der Waals surface area contributed by atoms with E-state index in [1.807, 2.05) is 36.4 Å². The fourth-order valence-electron chi connectivity index (χ4n) is 1.99. The second-order valence-electron chi connectivity index (χ2n) is 3.86. The van der Waals surface area contributed by atoms with Crippen LogP contribution in [0.25, 0.3) is 0 Å². The topological polar surface area (TPSA) is 18.5 Å². The number of fused-ring (bicyclic) bond motifs is 2. The molecule has 0 bridgehead atoms. The molecule has 0 amide bonds. The first-order valence-electron chi connectivity index (χ1n) is 5.29. The highest BCUT2D eigenvalue weighted by Crippen LogP contribution is 2.37. The van der Waals surface area contributed by atoms with Crippen molar-refractivity contribution in [2.75, 3.05) is 7.11 Å². The molecule has 1 aliphatic heterocycles. The first kappa shape index (κ1) is 9.28. The molecule has 0 radical (unpaired) electrons. The normalized spacial score (nSPS) is 12.3. The molecule has 0 atom stereocenters. The molecule has 2 aromatic rings. The Labute approximate surface area is 94.4 Å². The van der Waals surface area contributed by atoms with Gasteiger partial charge in [0, 0.05) is 12.0 Å². The van der Waals surface area contributed by atoms with Crippen LogP contribution >= 0.6 is 0 Å². The van der Waals surface area contributed by atoms with E-state index in [1.165, 1.54) is 11.1 Å². The van der Waals surface area contributed by atoms with Crippen molar-refractivity contribution in [3.63, 3.8) is 0 Å². The van der Waals surface area contributed by atoms with Crippen LogP contribution in [0.15, 0.2) is 42.5 Å². The van der Waals surface area contributed by atoms with Gasteiger partial charge in [0.05, 0.1) is 7.11 Å². The minimum atomic E-state index is 0.877. The molecule has 0 N–H and O–H groups in total. The highest BCUT2D eigenvalue weighted by Gasteiger charge is 2.16. The lowest BCUT2D eigenvalue weighted by atomic mass is 10.0. The summed E-state index contributed by atoms with van der Waals surface area (Å²) in [5.74, 6) is 2.77. The standard InChI is InChI=1S/C14H12O2/c1-15-12-6-7-14-11(9-12)8-10-4-2-3-5-13(10)16-14/h2-7,9H,8H2,1H3. The summed E-state index contributed by atoms with van der Waals surface area (Å²) in [6.07, 6.45) is 0.905. The Bertz CT molecular complexity index is 532. The highest BCUT2D eigenvalue weighted by molar-refractivity contribution is 5.51. The summed E-state index contributed by atoms with van der Waals surface area (Å²) in [6, 6.07) is 14.0. The molecule has 2 heteroatoms. The molecule has 2 aromatic carbocycles. The van der Waals surface area contributed by atoms with Crippen LogP contribution in [0.4, 0.5) is 0 Å². The zero-order chi connectivity index (χ0) is 11.0. The van der Waals surface area contributed by atoms with E-state index in [4.69, 9.17) is 9.47 Å². The third-order valence-corrected chi connectivity index (χ3v) is 2.84. The molecule has 0 aliphatic carbocycles. The van der Waals surface area contributed by atoms with Gasteiger partial charge in [-0.1, -0.05) is 18.2 Å². The molecule has 0 saturated carbocycles. The predicted octanol–water partition coefficient (Wildman–Crippen LogP) is 3.39. The van der Waals surface area contributed by atoms with Gasteiger partial charge in [0.2, 0.25) is 0 Å². The van der Waals surface area contributed by atoms with Gasteiger partial charge in [-0.3, -0.25) is 0 Å². The summed E-state index contributed by atoms with van der Waals surface area (Å²) < 4.78 is 11.0. The van der Waals surface area contributed by atoms with Crippen LogP contribution in [0, 0.1) is 0 Å². The fraction of sp³-hybridized carbons (Fsp3) is 0.143. The monoisotopic (exact) mass is 212 g/mol. The first-order chi connectivity index (χ1) is 7.86. The van der Waals surface area contributed by atoms with Crippen molar-refractivity contribution in [2.24, 2.45) is 0 Å². The molecule has 16 heavy (non-hydrogen) atoms. The van der Waals surface area contributed by atoms with Gasteiger partial charge in [0.25, 0.3) is 0 Å². The van der Waals surface area contributed by atoms with Gasteiger partial charge in [-0.2, -0.15) is 0 Å². The largest absolute Gasteiger partial charge is 0.497 e. The van der Waals surface area contributed by atoms with Gasteiger partial charge < -0.3 is 9.47 Å². The Kier molecular flexibility index (Phi) is 2.07. The van der Waals surface area contributed by atoms with Gasteiger partial charge in [0.15, 0.2) is 0 Å². The van der Waals surface area contributed by atoms with Crippen molar-refractivity contribution in [1.82, 2.24) is 0 Å². The minimum Gasteiger partial charge on any atom is -0.497 e. The summed E-state index contributed by atoms with van der Waals surface area (Å²) in [5.41, 5.74) is 2.40. The number of methoxy groups -OCH3 is 1. The lowest BCUT2D eigenvalue weighted by Crippen LogP contribution is -2.02. The zero-order valence-electron chi connectivity index (χ0n) is 9.07. The summed E-state index contributed by atoms with van der Waals surface area (Å²) in [4.78, 5) is 0. The summed E-state index contributed by atoms with van der Waals surface area (Å²) in [5, 5.41) is 0. The zero-order valence-corrected chi connectivity index (χ0v) is 9.07. The van der Waals surface area contributed by atoms with Gasteiger partial charge in [-0.15, -0.1) is 0 Å². The summed E-state index contributed by atoms with van der Waals surface area (Å²) in [6.45, 7) is 0. The first-order valence-corrected chi connectivity index (χ1v) is 5.29. The molecule has 0 aromatic heterocycles. The number of para-hydroxylation sites is 1. The Morgan fingerprint density at radius 2 is 1.81 bits per heavy atom. The van der Waals surface area contributed by atoms with Crippen LogP contribution in [0.1, 0.15) is 11.1 Å². The van der Waals surface area contributed by atoms with Crippen molar-refractivity contribution in [3.8, 4) is 17.2 Å². The molecule has 0 saturated heterocycles. The van der Waals surface area contributed by atoms with E-state index in [0.29, 0.717) is 0 Å². The molecule has 0 unspecified atom stereocenters. The van der Waals surface area contributed by atoms with E-state index in [0.717, 1.165) is 23.7 Å². The lowest BCUT2D eigenvalue weighted by molar-refractivity contribution is 0.410. The maximum absolute atomic E-state index is 5.82. The van der Waals surface area contributed by atoms with Crippen LogP contribution in [0.2, 0.25) is 0 Å². The number of rotatable bonds is 1. The van der Waals surface area contributed by atoms with Crippen molar-refractivity contribution in [1.29, 1.82) is 0 Å². The van der Waals surface area contributed by atoms with Crippen molar-refractivity contribution >= 4 is 0 Å². The van der Waals surface area contributed by atoms with Crippen LogP contribution in [0.3, 0.4) is 0 Å². The van der Waals surface area contributed by atoms with Gasteiger partial charge in [-0.25, -0.2) is 0 Å². The number of ether oxygens (including phenoxy) is 2. The second kappa shape index (κ2) is 3.56. The van der Waals surface area contributed by atoms with Crippen LogP contribution < -0.4 is 9.47 Å². The van der Waals surface area contributed by atoms with Crippen molar-refractivity contribution in [3.05, 3.63) is 53.6 Å². The number of hydrogen-bond donors (Lipinski definition) is 0. The van der Waals surface area contributed by atoms with E-state index in [-0.39, 0.29) is 0 Å². The number of benzene rings is 2. The fourth-order valence-corrected chi connectivity index (χ4v) is 1.99. The van der Waals surface area contributed by atoms with E-state index < -0.39 is 0 Å². The van der Waals surface area contributed by atoms with E-state index in [9.17, 15) is 0 Å². The minimum absolute atomic E-state index is 0.877. The van der Waals surface area contributed by atoms with Gasteiger partial charge in [0.1, 0.15) is 17.2 Å². The Balaban J connectivity index is 2.05. The molecule has 1 heterocycles. The maximum atomic E-state index is 5.82. The SMILES string of the molecule is COc1ccc2c(c1)Cc1ccccc1O2. The Morgan fingerprint density at radius 3 is 2.69 bits per heavy atom. The van der Waals surface area contributed by atoms with Crippen molar-refractivity contribution in [2.45, 2.75) is 6.42 Å². The van der Waals surface area contributed by atoms with E-state index in [2.05, 4.69) is 6.07 Å². The average molecular weight is 212 g/mol. The molecule has 1 aliphatic rings. The maximum Gasteiger partial charge on any atom is 0.131 e. The third kappa shape index (κ3) is 1.43.